The molecule has 1 nitrogen and oxygen atoms in total. The van der Waals surface area contributed by atoms with Crippen LogP contribution in [0.2, 0.25) is 5.02 Å². The average molecular weight is 375 g/mol. The van der Waals surface area contributed by atoms with Crippen LogP contribution in [0.1, 0.15) is 24.1 Å². The molecule has 0 aliphatic rings. The van der Waals surface area contributed by atoms with Crippen LogP contribution in [0.15, 0.2) is 40.9 Å². The van der Waals surface area contributed by atoms with Crippen molar-refractivity contribution in [2.24, 2.45) is 0 Å². The molecule has 5 heteroatoms. The number of rotatable bonds is 5. The Hall–Kier alpha value is -0.970. The largest absolute Gasteiger partial charge is 0.310 e. The van der Waals surface area contributed by atoms with Crippen LogP contribution in [0, 0.1) is 11.6 Å². The third-order valence-corrected chi connectivity index (χ3v) is 4.28. The summed E-state index contributed by atoms with van der Waals surface area (Å²) in [5, 5.41) is 3.85. The lowest BCUT2D eigenvalue weighted by molar-refractivity contribution is 0.542. The Kier molecular flexibility index (Phi) is 5.73. The third kappa shape index (κ3) is 4.25. The molecule has 0 saturated carbocycles. The Bertz CT molecular complexity index is 634. The van der Waals surface area contributed by atoms with Gasteiger partial charge in [-0.25, -0.2) is 8.78 Å². The SMILES string of the molecule is CCNC(Cc1cc(F)ccc1Cl)c1ccc(F)cc1Br. The van der Waals surface area contributed by atoms with E-state index in [1.54, 1.807) is 12.1 Å². The van der Waals surface area contributed by atoms with E-state index in [4.69, 9.17) is 11.6 Å². The summed E-state index contributed by atoms with van der Waals surface area (Å²) in [7, 11) is 0. The first-order chi connectivity index (χ1) is 10.0. The Morgan fingerprint density at radius 2 is 1.81 bits per heavy atom. The van der Waals surface area contributed by atoms with Gasteiger partial charge < -0.3 is 5.32 Å². The number of benzene rings is 2. The lowest BCUT2D eigenvalue weighted by atomic mass is 9.98. The van der Waals surface area contributed by atoms with Crippen molar-refractivity contribution in [1.82, 2.24) is 5.32 Å². The van der Waals surface area contributed by atoms with Gasteiger partial charge in [0.1, 0.15) is 11.6 Å². The highest BCUT2D eigenvalue weighted by Gasteiger charge is 2.16. The van der Waals surface area contributed by atoms with E-state index >= 15 is 0 Å². The van der Waals surface area contributed by atoms with Crippen molar-refractivity contribution in [3.63, 3.8) is 0 Å². The molecule has 2 aromatic rings. The van der Waals surface area contributed by atoms with Gasteiger partial charge in [0.15, 0.2) is 0 Å². The van der Waals surface area contributed by atoms with E-state index < -0.39 is 0 Å². The first-order valence-electron chi connectivity index (χ1n) is 6.63. The molecule has 2 aromatic carbocycles. The minimum atomic E-state index is -0.317. The van der Waals surface area contributed by atoms with E-state index in [1.807, 2.05) is 6.92 Å². The van der Waals surface area contributed by atoms with Crippen LogP contribution in [0.5, 0.6) is 0 Å². The van der Waals surface area contributed by atoms with E-state index in [1.165, 1.54) is 24.3 Å². The number of hydrogen-bond donors (Lipinski definition) is 1. The number of likely N-dealkylation sites (N-methyl/N-ethyl adjacent to an activating group) is 1. The molecule has 2 rings (SSSR count). The smallest absolute Gasteiger partial charge is 0.124 e. The summed E-state index contributed by atoms with van der Waals surface area (Å²) >= 11 is 9.50. The van der Waals surface area contributed by atoms with E-state index in [0.717, 1.165) is 17.7 Å². The highest BCUT2D eigenvalue weighted by molar-refractivity contribution is 9.10. The second-order valence-electron chi connectivity index (χ2n) is 4.72. The van der Waals surface area contributed by atoms with Crippen LogP contribution in [-0.2, 0) is 6.42 Å². The van der Waals surface area contributed by atoms with Crippen molar-refractivity contribution in [2.45, 2.75) is 19.4 Å². The van der Waals surface area contributed by atoms with Crippen LogP contribution >= 0.6 is 27.5 Å². The molecule has 0 saturated heterocycles. The fourth-order valence-corrected chi connectivity index (χ4v) is 3.06. The van der Waals surface area contributed by atoms with Crippen LogP contribution < -0.4 is 5.32 Å². The van der Waals surface area contributed by atoms with Crippen molar-refractivity contribution < 1.29 is 8.78 Å². The maximum absolute atomic E-state index is 13.4. The lowest BCUT2D eigenvalue weighted by Crippen LogP contribution is -2.23. The van der Waals surface area contributed by atoms with Crippen LogP contribution in [0.4, 0.5) is 8.78 Å². The number of halogens is 4. The molecule has 0 aliphatic carbocycles. The van der Waals surface area contributed by atoms with E-state index in [0.29, 0.717) is 15.9 Å². The van der Waals surface area contributed by atoms with Crippen molar-refractivity contribution in [1.29, 1.82) is 0 Å². The maximum Gasteiger partial charge on any atom is 0.124 e. The predicted molar refractivity (Wildman–Crippen MR) is 85.6 cm³/mol. The first kappa shape index (κ1) is 16.4. The van der Waals surface area contributed by atoms with E-state index in [-0.39, 0.29) is 17.7 Å². The van der Waals surface area contributed by atoms with Gasteiger partial charge in [0, 0.05) is 15.5 Å². The number of nitrogens with one attached hydrogen (secondary N) is 1. The summed E-state index contributed by atoms with van der Waals surface area (Å²) in [6.45, 7) is 2.72. The second-order valence-corrected chi connectivity index (χ2v) is 5.98. The molecule has 0 aliphatic heterocycles. The van der Waals surface area contributed by atoms with Crippen molar-refractivity contribution in [3.05, 3.63) is 68.7 Å². The second kappa shape index (κ2) is 7.34. The fourth-order valence-electron chi connectivity index (χ4n) is 2.24. The lowest BCUT2D eigenvalue weighted by Gasteiger charge is -2.20. The average Bonchev–Trinajstić information content (AvgIpc) is 2.42. The Morgan fingerprint density at radius 3 is 2.48 bits per heavy atom. The monoisotopic (exact) mass is 373 g/mol. The molecule has 21 heavy (non-hydrogen) atoms. The quantitative estimate of drug-likeness (QED) is 0.751. The van der Waals surface area contributed by atoms with Gasteiger partial charge >= 0.3 is 0 Å². The molecule has 0 amide bonds. The fraction of sp³-hybridized carbons (Fsp3) is 0.250. The van der Waals surface area contributed by atoms with Gasteiger partial charge in [-0.05, 0) is 54.4 Å². The molecule has 0 spiro atoms. The van der Waals surface area contributed by atoms with Crippen LogP contribution in [0.25, 0.3) is 0 Å². The zero-order chi connectivity index (χ0) is 15.4. The minimum Gasteiger partial charge on any atom is -0.310 e. The van der Waals surface area contributed by atoms with Crippen molar-refractivity contribution in [3.8, 4) is 0 Å². The minimum absolute atomic E-state index is 0.0794. The van der Waals surface area contributed by atoms with Crippen LogP contribution in [0.3, 0.4) is 0 Å². The zero-order valence-corrected chi connectivity index (χ0v) is 13.8. The molecular formula is C16H15BrClF2N. The molecule has 0 fully saturated rings. The summed E-state index contributed by atoms with van der Waals surface area (Å²) in [6.07, 6.45) is 0.522. The van der Waals surface area contributed by atoms with Crippen molar-refractivity contribution >= 4 is 27.5 Å². The molecular weight excluding hydrogens is 360 g/mol. The molecule has 0 aromatic heterocycles. The van der Waals surface area contributed by atoms with Gasteiger partial charge in [0.2, 0.25) is 0 Å². The zero-order valence-electron chi connectivity index (χ0n) is 11.5. The summed E-state index contributed by atoms with van der Waals surface area (Å²) in [5.74, 6) is -0.618. The molecule has 0 heterocycles. The van der Waals surface area contributed by atoms with Gasteiger partial charge in [0.05, 0.1) is 0 Å². The summed E-state index contributed by atoms with van der Waals surface area (Å²) in [6, 6.07) is 8.80. The third-order valence-electron chi connectivity index (χ3n) is 3.22. The van der Waals surface area contributed by atoms with Crippen molar-refractivity contribution in [2.75, 3.05) is 6.54 Å². The van der Waals surface area contributed by atoms with E-state index in [2.05, 4.69) is 21.2 Å². The maximum atomic E-state index is 13.4. The molecule has 0 bridgehead atoms. The molecule has 1 N–H and O–H groups in total. The summed E-state index contributed by atoms with van der Waals surface area (Å²) < 4.78 is 27.3. The molecule has 1 unspecified atom stereocenters. The highest BCUT2D eigenvalue weighted by Crippen LogP contribution is 2.29. The highest BCUT2D eigenvalue weighted by atomic mass is 79.9. The Morgan fingerprint density at radius 1 is 1.14 bits per heavy atom. The van der Waals surface area contributed by atoms with Gasteiger partial charge in [0.25, 0.3) is 0 Å². The molecule has 0 radical (unpaired) electrons. The Labute approximate surface area is 136 Å². The van der Waals surface area contributed by atoms with Crippen LogP contribution in [-0.4, -0.2) is 6.54 Å². The van der Waals surface area contributed by atoms with Gasteiger partial charge in [-0.3, -0.25) is 0 Å². The topological polar surface area (TPSA) is 12.0 Å². The van der Waals surface area contributed by atoms with Gasteiger partial charge in [-0.15, -0.1) is 0 Å². The van der Waals surface area contributed by atoms with Gasteiger partial charge in [-0.1, -0.05) is 40.5 Å². The van der Waals surface area contributed by atoms with E-state index in [9.17, 15) is 8.78 Å². The molecule has 112 valence electrons. The number of hydrogen-bond acceptors (Lipinski definition) is 1. The van der Waals surface area contributed by atoms with Gasteiger partial charge in [-0.2, -0.15) is 0 Å². The summed E-state index contributed by atoms with van der Waals surface area (Å²) in [4.78, 5) is 0. The standard InChI is InChI=1S/C16H15BrClF2N/c1-2-21-16(13-5-3-12(20)9-14(13)17)8-10-7-11(19)4-6-15(10)18/h3-7,9,16,21H,2,8H2,1H3. The summed E-state index contributed by atoms with van der Waals surface area (Å²) in [5.41, 5.74) is 1.64. The normalized spacial score (nSPS) is 12.4. The predicted octanol–water partition coefficient (Wildman–Crippen LogP) is 5.27. The Balaban J connectivity index is 2.32. The molecule has 1 atom stereocenters. The first-order valence-corrected chi connectivity index (χ1v) is 7.80.